The zero-order valence-corrected chi connectivity index (χ0v) is 11.8. The molecule has 0 aliphatic rings. The van der Waals surface area contributed by atoms with Crippen molar-refractivity contribution in [2.75, 3.05) is 13.2 Å². The Morgan fingerprint density at radius 2 is 1.75 bits per heavy atom. The van der Waals surface area contributed by atoms with Gasteiger partial charge in [-0.1, -0.05) is 18.2 Å². The van der Waals surface area contributed by atoms with Gasteiger partial charge in [-0.25, -0.2) is 14.2 Å². The summed E-state index contributed by atoms with van der Waals surface area (Å²) < 4.78 is 11.5. The van der Waals surface area contributed by atoms with E-state index in [1.807, 2.05) is 12.1 Å². The van der Waals surface area contributed by atoms with Crippen LogP contribution in [0.15, 0.2) is 24.3 Å². The molecule has 0 amide bonds. The molecule has 0 spiro atoms. The maximum Gasteiger partial charge on any atom is 0.418 e. The molecule has 0 atom stereocenters. The molecule has 1 aromatic carbocycles. The van der Waals surface area contributed by atoms with E-state index >= 15 is 0 Å². The number of carbonyl (C=O) groups is 2. The molecule has 1 heterocycles. The van der Waals surface area contributed by atoms with E-state index < -0.39 is 12.1 Å². The van der Waals surface area contributed by atoms with E-state index in [0.29, 0.717) is 22.2 Å². The molecular formula is C15H17NO4. The molecule has 0 aliphatic heterocycles. The number of fused-ring (bicyclic) bond motifs is 1. The van der Waals surface area contributed by atoms with Gasteiger partial charge in [0.05, 0.1) is 24.3 Å². The number of nitrogens with zero attached hydrogens (tertiary/aromatic N) is 1. The number of esters is 1. The zero-order chi connectivity index (χ0) is 14.7. The fraction of sp³-hybridized carbons (Fsp3) is 0.333. The Morgan fingerprint density at radius 3 is 2.40 bits per heavy atom. The largest absolute Gasteiger partial charge is 0.462 e. The third-order valence-electron chi connectivity index (χ3n) is 3.04. The molecule has 20 heavy (non-hydrogen) atoms. The molecule has 106 valence electrons. The smallest absolute Gasteiger partial charge is 0.418 e. The van der Waals surface area contributed by atoms with E-state index in [1.165, 1.54) is 4.57 Å². The Bertz CT molecular complexity index is 602. The lowest BCUT2D eigenvalue weighted by molar-refractivity contribution is 0.0527. The van der Waals surface area contributed by atoms with E-state index in [-0.39, 0.29) is 13.2 Å². The van der Waals surface area contributed by atoms with E-state index in [1.54, 1.807) is 32.9 Å². The fourth-order valence-electron chi connectivity index (χ4n) is 2.25. The van der Waals surface area contributed by atoms with Crippen molar-refractivity contribution in [3.8, 4) is 0 Å². The number of para-hydroxylation sites is 1. The molecule has 0 saturated heterocycles. The van der Waals surface area contributed by atoms with Crippen molar-refractivity contribution in [3.63, 3.8) is 0 Å². The summed E-state index contributed by atoms with van der Waals surface area (Å²) in [6, 6.07) is 7.21. The van der Waals surface area contributed by atoms with Gasteiger partial charge >= 0.3 is 12.1 Å². The minimum Gasteiger partial charge on any atom is -0.462 e. The first kappa shape index (κ1) is 14.1. The molecule has 0 fully saturated rings. The van der Waals surface area contributed by atoms with Crippen molar-refractivity contribution in [1.29, 1.82) is 0 Å². The van der Waals surface area contributed by atoms with E-state index in [0.717, 1.165) is 0 Å². The summed E-state index contributed by atoms with van der Waals surface area (Å²) in [5, 5.41) is 0.691. The average Bonchev–Trinajstić information content (AvgIpc) is 2.71. The molecule has 0 aliphatic carbocycles. The van der Waals surface area contributed by atoms with Crippen LogP contribution in [-0.4, -0.2) is 29.8 Å². The Labute approximate surface area is 117 Å². The molecule has 5 heteroatoms. The van der Waals surface area contributed by atoms with Crippen LogP contribution in [0.1, 0.15) is 29.9 Å². The standard InChI is InChI=1S/C15H17NO4/c1-4-19-14(17)13-10(3)16(15(18)20-5-2)12-9-7-6-8-11(12)13/h6-9H,4-5H2,1-3H3. The zero-order valence-electron chi connectivity index (χ0n) is 11.8. The lowest BCUT2D eigenvalue weighted by atomic mass is 10.1. The topological polar surface area (TPSA) is 57.5 Å². The van der Waals surface area contributed by atoms with Crippen LogP contribution in [0.4, 0.5) is 4.79 Å². The van der Waals surface area contributed by atoms with Gasteiger partial charge in [0.25, 0.3) is 0 Å². The van der Waals surface area contributed by atoms with Gasteiger partial charge in [0, 0.05) is 11.1 Å². The monoisotopic (exact) mass is 275 g/mol. The minimum atomic E-state index is -0.489. The first-order valence-electron chi connectivity index (χ1n) is 6.56. The highest BCUT2D eigenvalue weighted by atomic mass is 16.5. The van der Waals surface area contributed by atoms with Gasteiger partial charge in [-0.3, -0.25) is 0 Å². The van der Waals surface area contributed by atoms with Gasteiger partial charge in [-0.05, 0) is 26.8 Å². The van der Waals surface area contributed by atoms with Gasteiger partial charge in [-0.2, -0.15) is 0 Å². The number of hydrogen-bond donors (Lipinski definition) is 0. The molecule has 0 saturated carbocycles. The molecule has 5 nitrogen and oxygen atoms in total. The maximum atomic E-state index is 12.1. The highest BCUT2D eigenvalue weighted by Gasteiger charge is 2.24. The molecule has 0 radical (unpaired) electrons. The van der Waals surface area contributed by atoms with Crippen LogP contribution >= 0.6 is 0 Å². The van der Waals surface area contributed by atoms with E-state index in [4.69, 9.17) is 9.47 Å². The normalized spacial score (nSPS) is 10.6. The summed E-state index contributed by atoms with van der Waals surface area (Å²) in [4.78, 5) is 24.1. The van der Waals surface area contributed by atoms with Crippen LogP contribution < -0.4 is 0 Å². The van der Waals surface area contributed by atoms with Gasteiger partial charge in [0.1, 0.15) is 0 Å². The van der Waals surface area contributed by atoms with Crippen LogP contribution in [0.5, 0.6) is 0 Å². The number of ether oxygens (including phenoxy) is 2. The molecule has 2 aromatic rings. The number of hydrogen-bond acceptors (Lipinski definition) is 4. The number of benzene rings is 1. The summed E-state index contributed by atoms with van der Waals surface area (Å²) >= 11 is 0. The second-order valence-electron chi connectivity index (χ2n) is 4.23. The van der Waals surface area contributed by atoms with Gasteiger partial charge < -0.3 is 9.47 Å². The second-order valence-corrected chi connectivity index (χ2v) is 4.23. The third-order valence-corrected chi connectivity index (χ3v) is 3.04. The SMILES string of the molecule is CCOC(=O)c1c(C)n(C(=O)OCC)c2ccccc12. The summed E-state index contributed by atoms with van der Waals surface area (Å²) in [5.41, 5.74) is 1.59. The predicted octanol–water partition coefficient (Wildman–Crippen LogP) is 3.13. The van der Waals surface area contributed by atoms with Gasteiger partial charge in [0.2, 0.25) is 0 Å². The van der Waals surface area contributed by atoms with Crippen molar-refractivity contribution in [2.45, 2.75) is 20.8 Å². The lowest BCUT2D eigenvalue weighted by Crippen LogP contribution is -2.16. The first-order chi connectivity index (χ1) is 9.61. The average molecular weight is 275 g/mol. The molecule has 0 N–H and O–H groups in total. The second kappa shape index (κ2) is 5.77. The van der Waals surface area contributed by atoms with Crippen LogP contribution in [0.2, 0.25) is 0 Å². The Kier molecular flexibility index (Phi) is 4.08. The van der Waals surface area contributed by atoms with Crippen molar-refractivity contribution in [3.05, 3.63) is 35.5 Å². The van der Waals surface area contributed by atoms with Gasteiger partial charge in [-0.15, -0.1) is 0 Å². The predicted molar refractivity (Wildman–Crippen MR) is 75.1 cm³/mol. The summed E-state index contributed by atoms with van der Waals surface area (Å²) in [6.07, 6.45) is -0.489. The van der Waals surface area contributed by atoms with Crippen LogP contribution in [-0.2, 0) is 9.47 Å². The number of carbonyl (C=O) groups excluding carboxylic acids is 2. The summed E-state index contributed by atoms with van der Waals surface area (Å²) in [7, 11) is 0. The lowest BCUT2D eigenvalue weighted by Gasteiger charge is -2.06. The molecule has 0 unspecified atom stereocenters. The highest BCUT2D eigenvalue weighted by molar-refractivity contribution is 6.08. The number of aromatic nitrogens is 1. The highest BCUT2D eigenvalue weighted by Crippen LogP contribution is 2.26. The van der Waals surface area contributed by atoms with E-state index in [2.05, 4.69) is 0 Å². The van der Waals surface area contributed by atoms with Gasteiger partial charge in [0.15, 0.2) is 0 Å². The molecular weight excluding hydrogens is 258 g/mol. The third kappa shape index (κ3) is 2.27. The first-order valence-corrected chi connectivity index (χ1v) is 6.56. The number of rotatable bonds is 3. The maximum absolute atomic E-state index is 12.1. The Morgan fingerprint density at radius 1 is 1.10 bits per heavy atom. The fourth-order valence-corrected chi connectivity index (χ4v) is 2.25. The molecule has 1 aromatic heterocycles. The molecule has 2 rings (SSSR count). The Balaban J connectivity index is 2.67. The summed E-state index contributed by atoms with van der Waals surface area (Å²) in [6.45, 7) is 5.77. The molecule has 0 bridgehead atoms. The minimum absolute atomic E-state index is 0.277. The van der Waals surface area contributed by atoms with Crippen molar-refractivity contribution < 1.29 is 19.1 Å². The van der Waals surface area contributed by atoms with E-state index in [9.17, 15) is 9.59 Å². The summed E-state index contributed by atoms with van der Waals surface area (Å²) in [5.74, 6) is -0.427. The Hall–Kier alpha value is -2.30. The van der Waals surface area contributed by atoms with Crippen LogP contribution in [0.25, 0.3) is 10.9 Å². The van der Waals surface area contributed by atoms with Crippen molar-refractivity contribution in [1.82, 2.24) is 4.57 Å². The van der Waals surface area contributed by atoms with Crippen LogP contribution in [0.3, 0.4) is 0 Å². The van der Waals surface area contributed by atoms with Crippen LogP contribution in [0, 0.1) is 6.92 Å². The van der Waals surface area contributed by atoms with Crippen molar-refractivity contribution >= 4 is 23.0 Å². The van der Waals surface area contributed by atoms with Crippen molar-refractivity contribution in [2.24, 2.45) is 0 Å². The quantitative estimate of drug-likeness (QED) is 0.807.